The first-order chi connectivity index (χ1) is 14.9. The molecule has 1 fully saturated rings. The van der Waals surface area contributed by atoms with E-state index in [1.807, 2.05) is 69.3 Å². The molecule has 1 aliphatic rings. The second-order valence-corrected chi connectivity index (χ2v) is 8.41. The van der Waals surface area contributed by atoms with Gasteiger partial charge in [0.25, 0.3) is 0 Å². The number of anilines is 1. The molecule has 0 unspecified atom stereocenters. The van der Waals surface area contributed by atoms with Crippen LogP contribution in [0, 0.1) is 0 Å². The van der Waals surface area contributed by atoms with Crippen molar-refractivity contribution in [1.29, 1.82) is 0 Å². The zero-order valence-electron chi connectivity index (χ0n) is 18.8. The molecular formula is C24H32N2O5. The van der Waals surface area contributed by atoms with Crippen molar-refractivity contribution < 1.29 is 23.7 Å². The molecule has 0 N–H and O–H groups in total. The Hall–Kier alpha value is -2.93. The predicted octanol–water partition coefficient (Wildman–Crippen LogP) is 4.31. The molecule has 2 aromatic rings. The molecule has 0 bridgehead atoms. The van der Waals surface area contributed by atoms with Crippen LogP contribution in [0.25, 0.3) is 0 Å². The minimum absolute atomic E-state index is 0.146. The first kappa shape index (κ1) is 22.7. The van der Waals surface area contributed by atoms with Crippen LogP contribution in [0.15, 0.2) is 48.5 Å². The van der Waals surface area contributed by atoms with Crippen molar-refractivity contribution in [2.24, 2.45) is 0 Å². The molecule has 3 rings (SSSR count). The van der Waals surface area contributed by atoms with Gasteiger partial charge >= 0.3 is 6.09 Å². The second-order valence-electron chi connectivity index (χ2n) is 8.41. The largest absolute Gasteiger partial charge is 0.489 e. The van der Waals surface area contributed by atoms with E-state index in [4.69, 9.17) is 18.9 Å². The molecule has 0 saturated carbocycles. The quantitative estimate of drug-likeness (QED) is 0.613. The van der Waals surface area contributed by atoms with Crippen molar-refractivity contribution in [1.82, 2.24) is 4.90 Å². The van der Waals surface area contributed by atoms with Crippen molar-refractivity contribution in [3.05, 3.63) is 54.1 Å². The lowest BCUT2D eigenvalue weighted by molar-refractivity contribution is 0.0240. The SMILES string of the molecule is COCOc1cc(OCc2ccccc2)ccc1N1CCN(C(=O)OC(C)(C)C)CC1. The highest BCUT2D eigenvalue weighted by molar-refractivity contribution is 5.69. The van der Waals surface area contributed by atoms with Crippen LogP contribution >= 0.6 is 0 Å². The molecule has 1 heterocycles. The average Bonchev–Trinajstić information content (AvgIpc) is 2.76. The van der Waals surface area contributed by atoms with Gasteiger partial charge in [0.15, 0.2) is 6.79 Å². The van der Waals surface area contributed by atoms with Crippen LogP contribution in [0.5, 0.6) is 11.5 Å². The third-order valence-corrected chi connectivity index (χ3v) is 4.78. The van der Waals surface area contributed by atoms with Gasteiger partial charge in [0.2, 0.25) is 0 Å². The third kappa shape index (κ3) is 6.79. The second kappa shape index (κ2) is 10.4. The summed E-state index contributed by atoms with van der Waals surface area (Å²) in [6.45, 7) is 8.81. The molecule has 1 saturated heterocycles. The Kier molecular flexibility index (Phi) is 7.63. The summed E-state index contributed by atoms with van der Waals surface area (Å²) in [6.07, 6.45) is -0.271. The van der Waals surface area contributed by atoms with Crippen LogP contribution in [0.3, 0.4) is 0 Å². The van der Waals surface area contributed by atoms with Gasteiger partial charge in [-0.25, -0.2) is 4.79 Å². The topological polar surface area (TPSA) is 60.5 Å². The van der Waals surface area contributed by atoms with Gasteiger partial charge in [-0.1, -0.05) is 30.3 Å². The molecular weight excluding hydrogens is 396 g/mol. The van der Waals surface area contributed by atoms with Crippen molar-refractivity contribution >= 4 is 11.8 Å². The van der Waals surface area contributed by atoms with Gasteiger partial charge in [-0.2, -0.15) is 0 Å². The fourth-order valence-corrected chi connectivity index (χ4v) is 3.28. The standard InChI is InChI=1S/C24H32N2O5/c1-24(2,3)31-23(27)26-14-12-25(13-15-26)21-11-10-20(16-22(21)30-18-28-4)29-17-19-8-6-5-7-9-19/h5-11,16H,12-15,17-18H2,1-4H3. The number of piperazine rings is 1. The van der Waals surface area contributed by atoms with E-state index in [1.54, 1.807) is 12.0 Å². The van der Waals surface area contributed by atoms with Crippen molar-refractivity contribution in [2.45, 2.75) is 33.0 Å². The van der Waals surface area contributed by atoms with E-state index in [-0.39, 0.29) is 12.9 Å². The molecule has 1 amide bonds. The van der Waals surface area contributed by atoms with Crippen LogP contribution in [0.2, 0.25) is 0 Å². The van der Waals surface area contributed by atoms with Crippen LogP contribution in [0.1, 0.15) is 26.3 Å². The molecule has 168 valence electrons. The Morgan fingerprint density at radius 1 is 0.968 bits per heavy atom. The lowest BCUT2D eigenvalue weighted by Gasteiger charge is -2.37. The number of methoxy groups -OCH3 is 1. The summed E-state index contributed by atoms with van der Waals surface area (Å²) in [5.74, 6) is 1.42. The Morgan fingerprint density at radius 3 is 2.32 bits per heavy atom. The van der Waals surface area contributed by atoms with Crippen LogP contribution in [0.4, 0.5) is 10.5 Å². The van der Waals surface area contributed by atoms with E-state index in [0.29, 0.717) is 38.5 Å². The predicted molar refractivity (Wildman–Crippen MR) is 120 cm³/mol. The van der Waals surface area contributed by atoms with Gasteiger partial charge in [-0.15, -0.1) is 0 Å². The Bertz CT molecular complexity index is 843. The average molecular weight is 429 g/mol. The van der Waals surface area contributed by atoms with Crippen molar-refractivity contribution in [2.75, 3.05) is 45.0 Å². The maximum Gasteiger partial charge on any atom is 0.410 e. The smallest absolute Gasteiger partial charge is 0.410 e. The molecule has 7 heteroatoms. The van der Waals surface area contributed by atoms with Crippen LogP contribution in [-0.2, 0) is 16.1 Å². The molecule has 1 aliphatic heterocycles. The van der Waals surface area contributed by atoms with Gasteiger partial charge < -0.3 is 28.7 Å². The van der Waals surface area contributed by atoms with Crippen LogP contribution < -0.4 is 14.4 Å². The van der Waals surface area contributed by atoms with E-state index < -0.39 is 5.60 Å². The van der Waals surface area contributed by atoms with Crippen molar-refractivity contribution in [3.63, 3.8) is 0 Å². The monoisotopic (exact) mass is 428 g/mol. The lowest BCUT2D eigenvalue weighted by atomic mass is 10.2. The number of hydrogen-bond donors (Lipinski definition) is 0. The fourth-order valence-electron chi connectivity index (χ4n) is 3.28. The molecule has 0 aliphatic carbocycles. The van der Waals surface area contributed by atoms with E-state index >= 15 is 0 Å². The number of hydrogen-bond acceptors (Lipinski definition) is 6. The van der Waals surface area contributed by atoms with E-state index in [9.17, 15) is 4.79 Å². The molecule has 0 aromatic heterocycles. The number of carbonyl (C=O) groups excluding carboxylic acids is 1. The van der Waals surface area contributed by atoms with E-state index in [1.165, 1.54) is 0 Å². The number of rotatable bonds is 7. The third-order valence-electron chi connectivity index (χ3n) is 4.78. The lowest BCUT2D eigenvalue weighted by Crippen LogP contribution is -2.50. The van der Waals surface area contributed by atoms with Gasteiger partial charge in [0.05, 0.1) is 5.69 Å². The molecule has 0 radical (unpaired) electrons. The van der Waals surface area contributed by atoms with E-state index in [0.717, 1.165) is 17.0 Å². The molecule has 0 atom stereocenters. The van der Waals surface area contributed by atoms with Crippen molar-refractivity contribution in [3.8, 4) is 11.5 Å². The summed E-state index contributed by atoms with van der Waals surface area (Å²) in [7, 11) is 1.59. The van der Waals surface area contributed by atoms with Gasteiger partial charge in [0.1, 0.15) is 23.7 Å². The van der Waals surface area contributed by atoms with Gasteiger partial charge in [-0.3, -0.25) is 0 Å². The number of nitrogens with zero attached hydrogens (tertiary/aromatic N) is 2. The number of carbonyl (C=O) groups is 1. The molecule has 31 heavy (non-hydrogen) atoms. The van der Waals surface area contributed by atoms with Crippen LogP contribution in [-0.4, -0.2) is 56.7 Å². The van der Waals surface area contributed by atoms with E-state index in [2.05, 4.69) is 4.90 Å². The minimum Gasteiger partial charge on any atom is -0.489 e. The first-order valence-corrected chi connectivity index (χ1v) is 10.5. The highest BCUT2D eigenvalue weighted by atomic mass is 16.7. The molecule has 2 aromatic carbocycles. The zero-order valence-corrected chi connectivity index (χ0v) is 18.8. The first-order valence-electron chi connectivity index (χ1n) is 10.5. The number of ether oxygens (including phenoxy) is 4. The highest BCUT2D eigenvalue weighted by Crippen LogP contribution is 2.33. The normalized spacial score (nSPS) is 14.3. The Morgan fingerprint density at radius 2 is 1.68 bits per heavy atom. The Balaban J connectivity index is 1.65. The highest BCUT2D eigenvalue weighted by Gasteiger charge is 2.27. The number of benzene rings is 2. The van der Waals surface area contributed by atoms with Gasteiger partial charge in [-0.05, 0) is 38.5 Å². The summed E-state index contributed by atoms with van der Waals surface area (Å²) in [5.41, 5.74) is 1.56. The Labute approximate surface area is 184 Å². The summed E-state index contributed by atoms with van der Waals surface area (Å²) in [4.78, 5) is 16.3. The maximum atomic E-state index is 12.3. The maximum absolute atomic E-state index is 12.3. The van der Waals surface area contributed by atoms with Gasteiger partial charge in [0, 0.05) is 39.4 Å². The zero-order chi connectivity index (χ0) is 22.3. The summed E-state index contributed by atoms with van der Waals surface area (Å²) >= 11 is 0. The summed E-state index contributed by atoms with van der Waals surface area (Å²) in [5, 5.41) is 0. The molecule has 7 nitrogen and oxygen atoms in total. The molecule has 0 spiro atoms. The minimum atomic E-state index is -0.495. The fraction of sp³-hybridized carbons (Fsp3) is 0.458. The summed E-state index contributed by atoms with van der Waals surface area (Å²) in [6, 6.07) is 15.8. The summed E-state index contributed by atoms with van der Waals surface area (Å²) < 4.78 is 22.4. The number of amides is 1.